The first kappa shape index (κ1) is 20.1. The summed E-state index contributed by atoms with van der Waals surface area (Å²) in [5.41, 5.74) is 1.32. The van der Waals surface area contributed by atoms with Crippen molar-refractivity contribution >= 4 is 34.7 Å². The Morgan fingerprint density at radius 1 is 1.46 bits per heavy atom. The van der Waals surface area contributed by atoms with E-state index >= 15 is 0 Å². The van der Waals surface area contributed by atoms with Crippen molar-refractivity contribution in [3.8, 4) is 6.07 Å². The van der Waals surface area contributed by atoms with Crippen LogP contribution in [0.2, 0.25) is 5.15 Å². The van der Waals surface area contributed by atoms with E-state index in [0.29, 0.717) is 17.2 Å². The SMILES string of the molecule is CCCCn1nc(C)c(C(=O)OCC(=O)[C@@H](C#N)c2nc(C)cs2)c1Cl. The Morgan fingerprint density at radius 2 is 2.19 bits per heavy atom. The zero-order chi connectivity index (χ0) is 19.3. The Morgan fingerprint density at radius 3 is 2.77 bits per heavy atom. The number of rotatable bonds is 8. The molecule has 0 spiro atoms. The normalized spacial score (nSPS) is 11.8. The fourth-order valence-electron chi connectivity index (χ4n) is 2.30. The number of unbranched alkanes of at least 4 members (excludes halogenated alkanes) is 1. The molecule has 0 amide bonds. The summed E-state index contributed by atoms with van der Waals surface area (Å²) in [6.45, 7) is 5.55. The van der Waals surface area contributed by atoms with Crippen LogP contribution in [0.4, 0.5) is 0 Å². The molecule has 2 rings (SSSR count). The number of aromatic nitrogens is 3. The number of Topliss-reactive ketones (excluding diaryl/α,β-unsaturated/α-hetero) is 1. The van der Waals surface area contributed by atoms with E-state index in [1.54, 1.807) is 23.9 Å². The van der Waals surface area contributed by atoms with Crippen LogP contribution >= 0.6 is 22.9 Å². The third-order valence-corrected chi connectivity index (χ3v) is 5.08. The van der Waals surface area contributed by atoms with Gasteiger partial charge >= 0.3 is 5.97 Å². The molecular weight excluding hydrogens is 376 g/mol. The Hall–Kier alpha value is -2.24. The minimum Gasteiger partial charge on any atom is -0.454 e. The van der Waals surface area contributed by atoms with E-state index in [-0.39, 0.29) is 10.7 Å². The zero-order valence-corrected chi connectivity index (χ0v) is 16.4. The van der Waals surface area contributed by atoms with Crippen LogP contribution < -0.4 is 0 Å². The van der Waals surface area contributed by atoms with Gasteiger partial charge in [-0.3, -0.25) is 9.48 Å². The molecule has 0 aliphatic heterocycles. The van der Waals surface area contributed by atoms with Crippen LogP contribution in [0.25, 0.3) is 0 Å². The van der Waals surface area contributed by atoms with Crippen molar-refractivity contribution in [3.63, 3.8) is 0 Å². The summed E-state index contributed by atoms with van der Waals surface area (Å²) >= 11 is 7.45. The summed E-state index contributed by atoms with van der Waals surface area (Å²) in [5, 5.41) is 15.8. The van der Waals surface area contributed by atoms with Gasteiger partial charge in [-0.25, -0.2) is 9.78 Å². The molecule has 0 saturated carbocycles. The van der Waals surface area contributed by atoms with Crippen molar-refractivity contribution in [2.75, 3.05) is 6.61 Å². The van der Waals surface area contributed by atoms with Crippen LogP contribution in [0.3, 0.4) is 0 Å². The van der Waals surface area contributed by atoms with Crippen molar-refractivity contribution in [1.29, 1.82) is 5.26 Å². The van der Waals surface area contributed by atoms with E-state index in [0.717, 1.165) is 18.5 Å². The summed E-state index contributed by atoms with van der Waals surface area (Å²) in [7, 11) is 0. The second-order valence-electron chi connectivity index (χ2n) is 5.76. The monoisotopic (exact) mass is 394 g/mol. The molecule has 0 N–H and O–H groups in total. The number of aryl methyl sites for hydroxylation is 3. The van der Waals surface area contributed by atoms with Crippen LogP contribution in [-0.4, -0.2) is 33.1 Å². The minimum atomic E-state index is -1.05. The number of ketones is 1. The van der Waals surface area contributed by atoms with Gasteiger partial charge in [0.1, 0.15) is 15.7 Å². The average Bonchev–Trinajstić information content (AvgIpc) is 3.14. The first-order valence-electron chi connectivity index (χ1n) is 8.13. The molecule has 0 aliphatic carbocycles. The maximum absolute atomic E-state index is 12.3. The lowest BCUT2D eigenvalue weighted by Crippen LogP contribution is -2.20. The molecule has 26 heavy (non-hydrogen) atoms. The standard InChI is InChI=1S/C17H19ClN4O3S/c1-4-5-6-22-15(18)14(11(3)21-22)17(24)25-8-13(23)12(7-19)16-20-10(2)9-26-16/h9,12H,4-6,8H2,1-3H3/t12-/m1/s1. The summed E-state index contributed by atoms with van der Waals surface area (Å²) in [6, 6.07) is 1.91. The molecule has 0 aromatic carbocycles. The fraction of sp³-hybridized carbons (Fsp3) is 0.471. The Bertz CT molecular complexity index is 853. The number of carbonyl (C=O) groups is 2. The number of carbonyl (C=O) groups excluding carboxylic acids is 2. The maximum Gasteiger partial charge on any atom is 0.343 e. The highest BCUT2D eigenvalue weighted by Gasteiger charge is 2.27. The molecule has 0 saturated heterocycles. The van der Waals surface area contributed by atoms with Crippen molar-refractivity contribution in [3.05, 3.63) is 32.5 Å². The quantitative estimate of drug-likeness (QED) is 0.636. The summed E-state index contributed by atoms with van der Waals surface area (Å²) in [6.07, 6.45) is 1.85. The topological polar surface area (TPSA) is 97.9 Å². The number of esters is 1. The summed E-state index contributed by atoms with van der Waals surface area (Å²) in [5.74, 6) is -2.30. The largest absolute Gasteiger partial charge is 0.454 e. The van der Waals surface area contributed by atoms with Gasteiger partial charge < -0.3 is 4.74 Å². The molecule has 9 heteroatoms. The van der Waals surface area contributed by atoms with E-state index in [9.17, 15) is 14.9 Å². The molecule has 0 bridgehead atoms. The van der Waals surface area contributed by atoms with Crippen LogP contribution in [0.5, 0.6) is 0 Å². The van der Waals surface area contributed by atoms with Crippen molar-refractivity contribution in [1.82, 2.24) is 14.8 Å². The number of hydrogen-bond donors (Lipinski definition) is 0. The lowest BCUT2D eigenvalue weighted by molar-refractivity contribution is -0.122. The maximum atomic E-state index is 12.3. The van der Waals surface area contributed by atoms with Crippen molar-refractivity contribution in [2.45, 2.75) is 46.1 Å². The van der Waals surface area contributed by atoms with E-state index in [1.807, 2.05) is 13.0 Å². The molecule has 2 heterocycles. The van der Waals surface area contributed by atoms with Gasteiger partial charge in [-0.05, 0) is 20.3 Å². The van der Waals surface area contributed by atoms with E-state index < -0.39 is 24.3 Å². The molecule has 0 aliphatic rings. The Balaban J connectivity index is 2.05. The van der Waals surface area contributed by atoms with E-state index in [1.165, 1.54) is 11.3 Å². The lowest BCUT2D eigenvalue weighted by Gasteiger charge is -2.07. The number of halogens is 1. The second kappa shape index (κ2) is 8.92. The number of nitriles is 1. The highest BCUT2D eigenvalue weighted by Crippen LogP contribution is 2.23. The van der Waals surface area contributed by atoms with Crippen LogP contribution in [0.1, 0.15) is 52.4 Å². The molecule has 0 fully saturated rings. The van der Waals surface area contributed by atoms with Gasteiger partial charge in [0.15, 0.2) is 18.3 Å². The number of hydrogen-bond acceptors (Lipinski definition) is 7. The van der Waals surface area contributed by atoms with Crippen molar-refractivity contribution in [2.24, 2.45) is 0 Å². The number of nitrogens with zero attached hydrogens (tertiary/aromatic N) is 4. The van der Waals surface area contributed by atoms with E-state index in [4.69, 9.17) is 16.3 Å². The van der Waals surface area contributed by atoms with Gasteiger partial charge in [-0.15, -0.1) is 11.3 Å². The highest BCUT2D eigenvalue weighted by atomic mass is 35.5. The van der Waals surface area contributed by atoms with Gasteiger partial charge in [0.2, 0.25) is 0 Å². The Kier molecular flexibility index (Phi) is 6.89. The van der Waals surface area contributed by atoms with Gasteiger partial charge in [-0.2, -0.15) is 10.4 Å². The molecule has 0 unspecified atom stereocenters. The molecule has 2 aromatic rings. The Labute approximate surface area is 160 Å². The molecule has 0 radical (unpaired) electrons. The first-order valence-corrected chi connectivity index (χ1v) is 9.39. The van der Waals surface area contributed by atoms with Gasteiger partial charge in [-0.1, -0.05) is 24.9 Å². The van der Waals surface area contributed by atoms with E-state index in [2.05, 4.69) is 10.1 Å². The fourth-order valence-corrected chi connectivity index (χ4v) is 3.50. The zero-order valence-electron chi connectivity index (χ0n) is 14.8. The summed E-state index contributed by atoms with van der Waals surface area (Å²) in [4.78, 5) is 28.7. The third-order valence-electron chi connectivity index (χ3n) is 3.67. The molecule has 7 nitrogen and oxygen atoms in total. The first-order chi connectivity index (χ1) is 12.4. The van der Waals surface area contributed by atoms with Gasteiger partial charge in [0, 0.05) is 17.6 Å². The summed E-state index contributed by atoms with van der Waals surface area (Å²) < 4.78 is 6.63. The molecule has 2 aromatic heterocycles. The van der Waals surface area contributed by atoms with Gasteiger partial charge in [0.25, 0.3) is 0 Å². The van der Waals surface area contributed by atoms with Crippen molar-refractivity contribution < 1.29 is 14.3 Å². The molecule has 138 valence electrons. The number of ether oxygens (including phenoxy) is 1. The predicted molar refractivity (Wildman–Crippen MR) is 97.4 cm³/mol. The molecular formula is C17H19ClN4O3S. The molecule has 1 atom stereocenters. The smallest absolute Gasteiger partial charge is 0.343 e. The van der Waals surface area contributed by atoms with Crippen LogP contribution in [-0.2, 0) is 16.1 Å². The van der Waals surface area contributed by atoms with Crippen LogP contribution in [0.15, 0.2) is 5.38 Å². The predicted octanol–water partition coefficient (Wildman–Crippen LogP) is 3.44. The minimum absolute atomic E-state index is 0.147. The van der Waals surface area contributed by atoms with Gasteiger partial charge in [0.05, 0.1) is 11.8 Å². The second-order valence-corrected chi connectivity index (χ2v) is 7.01. The highest BCUT2D eigenvalue weighted by molar-refractivity contribution is 7.09. The number of thiazole rings is 1. The average molecular weight is 395 g/mol. The lowest BCUT2D eigenvalue weighted by atomic mass is 10.1. The van der Waals surface area contributed by atoms with Crippen LogP contribution in [0, 0.1) is 25.2 Å². The third kappa shape index (κ3) is 4.48.